The SMILES string of the molecule is CCC(CC)CNc1ccc2nc(Nc3cc(OC)c(OC)c(OC)c3)n(CCCN)c2n1. The van der Waals surface area contributed by atoms with E-state index in [2.05, 4.69) is 29.0 Å². The molecule has 0 aliphatic heterocycles. The number of anilines is 3. The minimum Gasteiger partial charge on any atom is -0.493 e. The molecule has 9 nitrogen and oxygen atoms in total. The second kappa shape index (κ2) is 11.6. The summed E-state index contributed by atoms with van der Waals surface area (Å²) < 4.78 is 18.5. The minimum atomic E-state index is 0.539. The van der Waals surface area contributed by atoms with E-state index in [-0.39, 0.29) is 0 Å². The zero-order chi connectivity index (χ0) is 23.8. The standard InChI is InChI=1S/C24H36N6O3/c1-6-16(7-2)15-26-21-10-9-18-23(29-21)30(12-8-11-25)24(28-18)27-17-13-19(31-3)22(33-5)20(14-17)32-4/h9-10,13-14,16H,6-8,11-12,15,25H2,1-5H3,(H,26,29)(H,27,28). The molecule has 4 N–H and O–H groups in total. The van der Waals surface area contributed by atoms with Crippen LogP contribution in [0.2, 0.25) is 0 Å². The molecule has 0 radical (unpaired) electrons. The second-order valence-electron chi connectivity index (χ2n) is 7.87. The van der Waals surface area contributed by atoms with Crippen LogP contribution in [0.4, 0.5) is 17.5 Å². The molecule has 0 atom stereocenters. The van der Waals surface area contributed by atoms with Crippen LogP contribution in [-0.4, -0.2) is 49.0 Å². The Morgan fingerprint density at radius 2 is 1.70 bits per heavy atom. The molecule has 1 aromatic carbocycles. The zero-order valence-electron chi connectivity index (χ0n) is 20.3. The number of nitrogens with zero attached hydrogens (tertiary/aromatic N) is 3. The van der Waals surface area contributed by atoms with Gasteiger partial charge in [-0.25, -0.2) is 9.97 Å². The molecule has 0 bridgehead atoms. The molecule has 33 heavy (non-hydrogen) atoms. The monoisotopic (exact) mass is 456 g/mol. The van der Waals surface area contributed by atoms with Crippen LogP contribution in [0, 0.1) is 5.92 Å². The lowest BCUT2D eigenvalue weighted by Gasteiger charge is -2.16. The average molecular weight is 457 g/mol. The number of methoxy groups -OCH3 is 3. The predicted molar refractivity (Wildman–Crippen MR) is 133 cm³/mol. The van der Waals surface area contributed by atoms with Crippen molar-refractivity contribution in [3.8, 4) is 17.2 Å². The van der Waals surface area contributed by atoms with Gasteiger partial charge in [-0.15, -0.1) is 0 Å². The summed E-state index contributed by atoms with van der Waals surface area (Å²) in [7, 11) is 4.77. The average Bonchev–Trinajstić information content (AvgIpc) is 3.18. The van der Waals surface area contributed by atoms with Crippen molar-refractivity contribution in [3.63, 3.8) is 0 Å². The highest BCUT2D eigenvalue weighted by atomic mass is 16.5. The van der Waals surface area contributed by atoms with E-state index in [0.717, 1.165) is 48.5 Å². The summed E-state index contributed by atoms with van der Waals surface area (Å²) in [6, 6.07) is 7.68. The van der Waals surface area contributed by atoms with E-state index in [1.807, 2.05) is 24.3 Å². The van der Waals surface area contributed by atoms with Crippen molar-refractivity contribution in [1.82, 2.24) is 14.5 Å². The Balaban J connectivity index is 1.96. The van der Waals surface area contributed by atoms with Gasteiger partial charge in [0.25, 0.3) is 0 Å². The molecule has 0 saturated carbocycles. The number of hydrogen-bond acceptors (Lipinski definition) is 8. The van der Waals surface area contributed by atoms with Gasteiger partial charge in [-0.3, -0.25) is 4.57 Å². The summed E-state index contributed by atoms with van der Waals surface area (Å²) in [6.07, 6.45) is 3.09. The van der Waals surface area contributed by atoms with Crippen LogP contribution in [0.15, 0.2) is 24.3 Å². The van der Waals surface area contributed by atoms with Crippen molar-refractivity contribution in [1.29, 1.82) is 0 Å². The maximum Gasteiger partial charge on any atom is 0.209 e. The van der Waals surface area contributed by atoms with Gasteiger partial charge in [-0.05, 0) is 31.0 Å². The Labute approximate surface area is 195 Å². The Bertz CT molecular complexity index is 1020. The first kappa shape index (κ1) is 24.4. The minimum absolute atomic E-state index is 0.539. The van der Waals surface area contributed by atoms with E-state index in [4.69, 9.17) is 29.9 Å². The molecule has 0 aliphatic carbocycles. The quantitative estimate of drug-likeness (QED) is 0.347. The van der Waals surface area contributed by atoms with Gasteiger partial charge in [0.2, 0.25) is 11.7 Å². The van der Waals surface area contributed by atoms with Crippen molar-refractivity contribution in [2.75, 3.05) is 45.1 Å². The number of nitrogens with two attached hydrogens (primary N) is 1. The van der Waals surface area contributed by atoms with Crippen molar-refractivity contribution in [3.05, 3.63) is 24.3 Å². The van der Waals surface area contributed by atoms with Gasteiger partial charge in [0.1, 0.15) is 11.3 Å². The number of aromatic nitrogens is 3. The van der Waals surface area contributed by atoms with Crippen LogP contribution in [0.5, 0.6) is 17.2 Å². The maximum atomic E-state index is 5.81. The number of hydrogen-bond donors (Lipinski definition) is 3. The number of ether oxygens (including phenoxy) is 3. The van der Waals surface area contributed by atoms with E-state index >= 15 is 0 Å². The van der Waals surface area contributed by atoms with Crippen LogP contribution in [0.1, 0.15) is 33.1 Å². The molecular weight excluding hydrogens is 420 g/mol. The molecule has 0 amide bonds. The lowest BCUT2D eigenvalue weighted by Crippen LogP contribution is -2.14. The van der Waals surface area contributed by atoms with E-state index < -0.39 is 0 Å². The third-order valence-electron chi connectivity index (χ3n) is 5.83. The van der Waals surface area contributed by atoms with Crippen molar-refractivity contribution in [2.24, 2.45) is 11.7 Å². The molecule has 0 spiro atoms. The molecule has 2 heterocycles. The van der Waals surface area contributed by atoms with Gasteiger partial charge < -0.3 is 30.6 Å². The molecule has 180 valence electrons. The first-order chi connectivity index (χ1) is 16.1. The highest BCUT2D eigenvalue weighted by Gasteiger charge is 2.17. The number of pyridine rings is 1. The summed E-state index contributed by atoms with van der Waals surface area (Å²) in [5.41, 5.74) is 8.20. The van der Waals surface area contributed by atoms with Gasteiger partial charge in [0.15, 0.2) is 17.1 Å². The second-order valence-corrected chi connectivity index (χ2v) is 7.87. The predicted octanol–water partition coefficient (Wildman–Crippen LogP) is 4.40. The summed E-state index contributed by atoms with van der Waals surface area (Å²) in [6.45, 7) is 6.61. The summed E-state index contributed by atoms with van der Waals surface area (Å²) >= 11 is 0. The fraction of sp³-hybridized carbons (Fsp3) is 0.500. The molecule has 3 rings (SSSR count). The van der Waals surface area contributed by atoms with Gasteiger partial charge in [-0.1, -0.05) is 26.7 Å². The Morgan fingerprint density at radius 1 is 1.00 bits per heavy atom. The largest absolute Gasteiger partial charge is 0.493 e. The zero-order valence-corrected chi connectivity index (χ0v) is 20.3. The summed E-state index contributed by atoms with van der Waals surface area (Å²) in [4.78, 5) is 9.66. The fourth-order valence-corrected chi connectivity index (χ4v) is 3.77. The van der Waals surface area contributed by atoms with Gasteiger partial charge in [0, 0.05) is 30.9 Å². The number of aryl methyl sites for hydroxylation is 1. The molecule has 0 unspecified atom stereocenters. The molecule has 0 aliphatic rings. The lowest BCUT2D eigenvalue weighted by molar-refractivity contribution is 0.324. The van der Waals surface area contributed by atoms with Gasteiger partial charge >= 0.3 is 0 Å². The number of imidazole rings is 1. The third-order valence-corrected chi connectivity index (χ3v) is 5.83. The first-order valence-corrected chi connectivity index (χ1v) is 11.5. The van der Waals surface area contributed by atoms with E-state index in [1.165, 1.54) is 0 Å². The molecule has 2 aromatic heterocycles. The van der Waals surface area contributed by atoms with Crippen LogP contribution in [-0.2, 0) is 6.54 Å². The van der Waals surface area contributed by atoms with E-state index in [1.54, 1.807) is 21.3 Å². The third kappa shape index (κ3) is 5.60. The fourth-order valence-electron chi connectivity index (χ4n) is 3.77. The Morgan fingerprint density at radius 3 is 2.27 bits per heavy atom. The van der Waals surface area contributed by atoms with Crippen molar-refractivity contribution < 1.29 is 14.2 Å². The van der Waals surface area contributed by atoms with Crippen molar-refractivity contribution >= 4 is 28.6 Å². The highest BCUT2D eigenvalue weighted by molar-refractivity contribution is 5.78. The number of nitrogens with one attached hydrogen (secondary N) is 2. The van der Waals surface area contributed by atoms with Crippen molar-refractivity contribution in [2.45, 2.75) is 39.7 Å². The topological polar surface area (TPSA) is 108 Å². The van der Waals surface area contributed by atoms with Gasteiger partial charge in [-0.2, -0.15) is 0 Å². The Kier molecular flexibility index (Phi) is 8.59. The number of benzene rings is 1. The lowest BCUT2D eigenvalue weighted by atomic mass is 10.0. The molecule has 3 aromatic rings. The molecule has 9 heteroatoms. The normalized spacial score (nSPS) is 11.1. The summed E-state index contributed by atoms with van der Waals surface area (Å²) in [5.74, 6) is 3.82. The Hall–Kier alpha value is -3.20. The van der Waals surface area contributed by atoms with Crippen LogP contribution < -0.4 is 30.6 Å². The number of fused-ring (bicyclic) bond motifs is 1. The van der Waals surface area contributed by atoms with Gasteiger partial charge in [0.05, 0.1) is 21.3 Å². The number of rotatable bonds is 13. The van der Waals surface area contributed by atoms with Crippen LogP contribution in [0.3, 0.4) is 0 Å². The molecular formula is C24H36N6O3. The highest BCUT2D eigenvalue weighted by Crippen LogP contribution is 2.40. The van der Waals surface area contributed by atoms with E-state index in [9.17, 15) is 0 Å². The smallest absolute Gasteiger partial charge is 0.209 e. The van der Waals surface area contributed by atoms with Crippen LogP contribution >= 0.6 is 0 Å². The molecule has 0 saturated heterocycles. The summed E-state index contributed by atoms with van der Waals surface area (Å²) in [5, 5.41) is 6.87. The van der Waals surface area contributed by atoms with E-state index in [0.29, 0.717) is 42.2 Å². The molecule has 0 fully saturated rings. The van der Waals surface area contributed by atoms with Crippen LogP contribution in [0.25, 0.3) is 11.2 Å². The maximum absolute atomic E-state index is 5.81. The first-order valence-electron chi connectivity index (χ1n) is 11.5.